The van der Waals surface area contributed by atoms with E-state index < -0.39 is 22.5 Å². The van der Waals surface area contributed by atoms with Crippen molar-refractivity contribution in [2.45, 2.75) is 4.90 Å². The van der Waals surface area contributed by atoms with E-state index in [2.05, 4.69) is 38.1 Å². The summed E-state index contributed by atoms with van der Waals surface area (Å²) < 4.78 is 28.3. The molecule has 0 atom stereocenters. The van der Waals surface area contributed by atoms with Crippen LogP contribution in [0.3, 0.4) is 0 Å². The van der Waals surface area contributed by atoms with Crippen LogP contribution >= 0.6 is 22.6 Å². The number of halogens is 1. The maximum atomic E-state index is 13.1. The van der Waals surface area contributed by atoms with Crippen molar-refractivity contribution in [3.05, 3.63) is 88.3 Å². The van der Waals surface area contributed by atoms with E-state index in [0.29, 0.717) is 5.69 Å². The number of hydrogen-bond donors (Lipinski definition) is 1. The zero-order valence-corrected chi connectivity index (χ0v) is 18.1. The van der Waals surface area contributed by atoms with Crippen LogP contribution in [0.1, 0.15) is 5.56 Å². The maximum absolute atomic E-state index is 13.1. The number of anilines is 1. The van der Waals surface area contributed by atoms with Crippen molar-refractivity contribution in [3.8, 4) is 0 Å². The monoisotopic (exact) mass is 520 g/mol. The highest BCUT2D eigenvalue weighted by Gasteiger charge is 2.27. The molecule has 1 aromatic heterocycles. The number of carbonyl (C=O) groups excluding carboxylic acids is 1. The van der Waals surface area contributed by atoms with Crippen molar-refractivity contribution in [1.82, 2.24) is 10.4 Å². The lowest BCUT2D eigenvalue weighted by atomic mass is 10.3. The average molecular weight is 520 g/mol. The minimum Gasteiger partial charge on any atom is -0.271 e. The van der Waals surface area contributed by atoms with Crippen molar-refractivity contribution in [1.29, 1.82) is 0 Å². The SMILES string of the molecule is O=C(CN(c1ccc(I)cc1)S(=O)(=O)c1ccccc1)N/N=C\c1ccncc1. The minimum atomic E-state index is -3.93. The first kappa shape index (κ1) is 20.9. The zero-order valence-electron chi connectivity index (χ0n) is 15.1. The molecule has 9 heteroatoms. The van der Waals surface area contributed by atoms with E-state index in [1.807, 2.05) is 0 Å². The number of amides is 1. The van der Waals surface area contributed by atoms with E-state index in [1.165, 1.54) is 18.3 Å². The third kappa shape index (κ3) is 5.61. The normalized spacial score (nSPS) is 11.3. The zero-order chi connectivity index (χ0) is 20.7. The number of rotatable bonds is 7. The van der Waals surface area contributed by atoms with E-state index in [4.69, 9.17) is 0 Å². The van der Waals surface area contributed by atoms with Crippen molar-refractivity contribution in [2.24, 2.45) is 5.10 Å². The molecule has 0 bridgehead atoms. The molecule has 7 nitrogen and oxygen atoms in total. The molecule has 3 rings (SSSR count). The standard InChI is InChI=1S/C20H17IN4O3S/c21-17-6-8-18(9-7-17)25(29(27,28)19-4-2-1-3-5-19)15-20(26)24-23-14-16-10-12-22-13-11-16/h1-14H,15H2,(H,24,26)/b23-14-. The van der Waals surface area contributed by atoms with Crippen LogP contribution in [0.4, 0.5) is 5.69 Å². The Morgan fingerprint density at radius 3 is 2.34 bits per heavy atom. The van der Waals surface area contributed by atoms with Crippen molar-refractivity contribution < 1.29 is 13.2 Å². The number of hydrogen-bond acceptors (Lipinski definition) is 5. The maximum Gasteiger partial charge on any atom is 0.264 e. The largest absolute Gasteiger partial charge is 0.271 e. The molecule has 148 valence electrons. The molecule has 0 spiro atoms. The first-order valence-electron chi connectivity index (χ1n) is 8.52. The van der Waals surface area contributed by atoms with E-state index in [1.54, 1.807) is 67.0 Å². The molecule has 2 aromatic carbocycles. The van der Waals surface area contributed by atoms with Crippen molar-refractivity contribution in [2.75, 3.05) is 10.8 Å². The third-order valence-electron chi connectivity index (χ3n) is 3.84. The molecule has 0 unspecified atom stereocenters. The van der Waals surface area contributed by atoms with Crippen LogP contribution < -0.4 is 9.73 Å². The number of benzene rings is 2. The number of pyridine rings is 1. The molecule has 0 saturated heterocycles. The highest BCUT2D eigenvalue weighted by molar-refractivity contribution is 14.1. The Balaban J connectivity index is 1.83. The van der Waals surface area contributed by atoms with Crippen LogP contribution in [-0.4, -0.2) is 32.1 Å². The van der Waals surface area contributed by atoms with Gasteiger partial charge in [0, 0.05) is 16.0 Å². The fraction of sp³-hybridized carbons (Fsp3) is 0.0500. The molecule has 1 heterocycles. The molecule has 0 aliphatic carbocycles. The Labute approximate surface area is 182 Å². The van der Waals surface area contributed by atoms with Crippen LogP contribution in [0.5, 0.6) is 0 Å². The Morgan fingerprint density at radius 1 is 1.03 bits per heavy atom. The topological polar surface area (TPSA) is 91.7 Å². The van der Waals surface area contributed by atoms with Gasteiger partial charge in [0.25, 0.3) is 15.9 Å². The number of aromatic nitrogens is 1. The lowest BCUT2D eigenvalue weighted by Gasteiger charge is -2.23. The number of hydrazone groups is 1. The van der Waals surface area contributed by atoms with Crippen LogP contribution in [0.2, 0.25) is 0 Å². The Hall–Kier alpha value is -2.79. The average Bonchev–Trinajstić information content (AvgIpc) is 2.74. The van der Waals surface area contributed by atoms with Gasteiger partial charge in [-0.15, -0.1) is 0 Å². The van der Waals surface area contributed by atoms with E-state index in [-0.39, 0.29) is 4.90 Å². The summed E-state index contributed by atoms with van der Waals surface area (Å²) in [4.78, 5) is 16.4. The second-order valence-corrected chi connectivity index (χ2v) is 8.98. The molecule has 0 saturated carbocycles. The van der Waals surface area contributed by atoms with Gasteiger partial charge in [-0.25, -0.2) is 13.8 Å². The Kier molecular flexibility index (Phi) is 6.94. The predicted molar refractivity (Wildman–Crippen MR) is 120 cm³/mol. The molecule has 29 heavy (non-hydrogen) atoms. The fourth-order valence-electron chi connectivity index (χ4n) is 2.44. The number of carbonyl (C=O) groups is 1. The van der Waals surface area contributed by atoms with Crippen LogP contribution in [0.15, 0.2) is 89.1 Å². The summed E-state index contributed by atoms with van der Waals surface area (Å²) in [6, 6.07) is 18.3. The highest BCUT2D eigenvalue weighted by atomic mass is 127. The fourth-order valence-corrected chi connectivity index (χ4v) is 4.24. The first-order valence-corrected chi connectivity index (χ1v) is 11.0. The van der Waals surface area contributed by atoms with Gasteiger partial charge in [0.2, 0.25) is 0 Å². The van der Waals surface area contributed by atoms with E-state index in [0.717, 1.165) is 13.4 Å². The molecular formula is C20H17IN4O3S. The lowest BCUT2D eigenvalue weighted by molar-refractivity contribution is -0.119. The third-order valence-corrected chi connectivity index (χ3v) is 6.35. The summed E-state index contributed by atoms with van der Waals surface area (Å²) in [5.74, 6) is -0.562. The molecular weight excluding hydrogens is 503 g/mol. The summed E-state index contributed by atoms with van der Waals surface area (Å²) in [6.45, 7) is -0.411. The molecule has 0 fully saturated rings. The summed E-state index contributed by atoms with van der Waals surface area (Å²) in [7, 11) is -3.93. The molecule has 0 aliphatic rings. The number of nitrogens with zero attached hydrogens (tertiary/aromatic N) is 3. The molecule has 1 N–H and O–H groups in total. The van der Waals surface area contributed by atoms with E-state index in [9.17, 15) is 13.2 Å². The number of sulfonamides is 1. The van der Waals surface area contributed by atoms with Crippen molar-refractivity contribution >= 4 is 50.4 Å². The van der Waals surface area contributed by atoms with Gasteiger partial charge in [0.05, 0.1) is 16.8 Å². The van der Waals surface area contributed by atoms with Gasteiger partial charge in [0.15, 0.2) is 0 Å². The summed E-state index contributed by atoms with van der Waals surface area (Å²) in [6.07, 6.45) is 4.67. The molecule has 1 amide bonds. The number of nitrogens with one attached hydrogen (secondary N) is 1. The van der Waals surface area contributed by atoms with Gasteiger partial charge in [-0.1, -0.05) is 18.2 Å². The summed E-state index contributed by atoms with van der Waals surface area (Å²) in [5.41, 5.74) is 3.52. The highest BCUT2D eigenvalue weighted by Crippen LogP contribution is 2.24. The van der Waals surface area contributed by atoms with Crippen LogP contribution in [0, 0.1) is 3.57 Å². The van der Waals surface area contributed by atoms with Gasteiger partial charge in [0.1, 0.15) is 6.54 Å². The van der Waals surface area contributed by atoms with Gasteiger partial charge in [-0.3, -0.25) is 14.1 Å². The second-order valence-electron chi connectivity index (χ2n) is 5.87. The van der Waals surface area contributed by atoms with Gasteiger partial charge < -0.3 is 0 Å². The second kappa shape index (κ2) is 9.61. The van der Waals surface area contributed by atoms with Crippen LogP contribution in [0.25, 0.3) is 0 Å². The molecule has 0 radical (unpaired) electrons. The van der Waals surface area contributed by atoms with Crippen molar-refractivity contribution in [3.63, 3.8) is 0 Å². The minimum absolute atomic E-state index is 0.103. The van der Waals surface area contributed by atoms with Gasteiger partial charge >= 0.3 is 0 Å². The molecule has 3 aromatic rings. The smallest absolute Gasteiger partial charge is 0.264 e. The molecule has 0 aliphatic heterocycles. The predicted octanol–water partition coefficient (Wildman–Crippen LogP) is 3.03. The lowest BCUT2D eigenvalue weighted by Crippen LogP contribution is -2.39. The summed E-state index contributed by atoms with van der Waals surface area (Å²) in [5, 5.41) is 3.88. The quantitative estimate of drug-likeness (QED) is 0.295. The first-order chi connectivity index (χ1) is 14.0. The van der Waals surface area contributed by atoms with Crippen LogP contribution in [-0.2, 0) is 14.8 Å². The van der Waals surface area contributed by atoms with E-state index >= 15 is 0 Å². The van der Waals surface area contributed by atoms with Gasteiger partial charge in [-0.2, -0.15) is 5.10 Å². The van der Waals surface area contributed by atoms with Gasteiger partial charge in [-0.05, 0) is 76.7 Å². The Bertz CT molecular complexity index is 1090. The Morgan fingerprint density at radius 2 is 1.69 bits per heavy atom. The summed E-state index contributed by atoms with van der Waals surface area (Å²) >= 11 is 2.13.